The van der Waals surface area contributed by atoms with Crippen LogP contribution in [0.1, 0.15) is 28.4 Å². The van der Waals surface area contributed by atoms with Crippen LogP contribution in [0.25, 0.3) is 0 Å². The number of hydrogen-bond acceptors (Lipinski definition) is 6. The molecule has 138 valence electrons. The van der Waals surface area contributed by atoms with Crippen molar-refractivity contribution in [3.8, 4) is 0 Å². The maximum atomic E-state index is 12.1. The predicted molar refractivity (Wildman–Crippen MR) is 107 cm³/mol. The van der Waals surface area contributed by atoms with Crippen LogP contribution in [0.15, 0.2) is 54.9 Å². The van der Waals surface area contributed by atoms with Gasteiger partial charge in [0.1, 0.15) is 18.0 Å². The summed E-state index contributed by atoms with van der Waals surface area (Å²) in [5.74, 6) is 0.864. The molecule has 0 amide bonds. The predicted octanol–water partition coefficient (Wildman–Crippen LogP) is 4.76. The van der Waals surface area contributed by atoms with Crippen LogP contribution in [-0.4, -0.2) is 22.5 Å². The molecule has 6 nitrogen and oxygen atoms in total. The Labute approximate surface area is 158 Å². The summed E-state index contributed by atoms with van der Waals surface area (Å²) in [7, 11) is 0. The topological polar surface area (TPSA) is 76.1 Å². The van der Waals surface area contributed by atoms with E-state index in [-0.39, 0.29) is 5.97 Å². The number of ether oxygens (including phenoxy) is 1. The molecule has 0 saturated heterocycles. The molecule has 0 unspecified atom stereocenters. The van der Waals surface area contributed by atoms with E-state index in [9.17, 15) is 4.79 Å². The molecule has 2 N–H and O–H groups in total. The quantitative estimate of drug-likeness (QED) is 0.616. The summed E-state index contributed by atoms with van der Waals surface area (Å²) in [4.78, 5) is 20.6. The molecule has 2 aromatic carbocycles. The molecule has 0 aliphatic rings. The highest BCUT2D eigenvalue weighted by molar-refractivity contribution is 5.96. The molecule has 0 atom stereocenters. The summed E-state index contributed by atoms with van der Waals surface area (Å²) in [6.07, 6.45) is 1.47. The van der Waals surface area contributed by atoms with Crippen LogP contribution in [0.3, 0.4) is 0 Å². The number of anilines is 4. The molecule has 27 heavy (non-hydrogen) atoms. The van der Waals surface area contributed by atoms with E-state index in [1.165, 1.54) is 17.5 Å². The van der Waals surface area contributed by atoms with Crippen molar-refractivity contribution < 1.29 is 9.53 Å². The van der Waals surface area contributed by atoms with E-state index in [2.05, 4.69) is 52.6 Å². The van der Waals surface area contributed by atoms with Gasteiger partial charge in [-0.05, 0) is 56.2 Å². The lowest BCUT2D eigenvalue weighted by Crippen LogP contribution is -2.08. The first-order valence-electron chi connectivity index (χ1n) is 8.75. The largest absolute Gasteiger partial charge is 0.462 e. The first-order chi connectivity index (χ1) is 13.0. The van der Waals surface area contributed by atoms with Crippen LogP contribution >= 0.6 is 0 Å². The van der Waals surface area contributed by atoms with E-state index in [1.807, 2.05) is 12.1 Å². The van der Waals surface area contributed by atoms with Gasteiger partial charge in [0.15, 0.2) is 0 Å². The molecular formula is C21H22N4O2. The van der Waals surface area contributed by atoms with Crippen LogP contribution in [-0.2, 0) is 4.74 Å². The van der Waals surface area contributed by atoms with Crippen LogP contribution < -0.4 is 10.6 Å². The molecule has 0 aliphatic carbocycles. The van der Waals surface area contributed by atoms with E-state index in [1.54, 1.807) is 25.1 Å². The third kappa shape index (κ3) is 4.82. The first-order valence-corrected chi connectivity index (χ1v) is 8.75. The third-order valence-electron chi connectivity index (χ3n) is 3.85. The fourth-order valence-corrected chi connectivity index (χ4v) is 2.81. The third-order valence-corrected chi connectivity index (χ3v) is 3.85. The molecule has 6 heteroatoms. The van der Waals surface area contributed by atoms with Gasteiger partial charge in [-0.2, -0.15) is 0 Å². The molecule has 0 spiro atoms. The highest BCUT2D eigenvalue weighted by Gasteiger charge is 2.12. The number of nitrogens with one attached hydrogen (secondary N) is 2. The maximum Gasteiger partial charge on any atom is 0.340 e. The summed E-state index contributed by atoms with van der Waals surface area (Å²) in [6, 6.07) is 15.2. The summed E-state index contributed by atoms with van der Waals surface area (Å²) < 4.78 is 5.11. The van der Waals surface area contributed by atoms with Crippen molar-refractivity contribution >= 4 is 29.0 Å². The van der Waals surface area contributed by atoms with E-state index in [0.29, 0.717) is 29.5 Å². The molecule has 0 saturated carbocycles. The average Bonchev–Trinajstić information content (AvgIpc) is 2.62. The number of aromatic nitrogens is 2. The molecule has 0 fully saturated rings. The Morgan fingerprint density at radius 2 is 1.63 bits per heavy atom. The SMILES string of the molecule is CCOC(=O)c1ccccc1Nc1cc(Nc2cc(C)cc(C)c2)ncn1. The normalized spacial score (nSPS) is 10.3. The Morgan fingerprint density at radius 1 is 0.963 bits per heavy atom. The summed E-state index contributed by atoms with van der Waals surface area (Å²) in [5.41, 5.74) is 4.40. The fourth-order valence-electron chi connectivity index (χ4n) is 2.81. The van der Waals surface area contributed by atoms with Crippen LogP contribution in [0, 0.1) is 13.8 Å². The van der Waals surface area contributed by atoms with E-state index < -0.39 is 0 Å². The van der Waals surface area contributed by atoms with Crippen molar-refractivity contribution in [1.29, 1.82) is 0 Å². The average molecular weight is 362 g/mol. The number of aryl methyl sites for hydroxylation is 2. The van der Waals surface area contributed by atoms with Gasteiger partial charge in [-0.25, -0.2) is 14.8 Å². The monoisotopic (exact) mass is 362 g/mol. The summed E-state index contributed by atoms with van der Waals surface area (Å²) in [6.45, 7) is 6.21. The van der Waals surface area contributed by atoms with Crippen molar-refractivity contribution in [2.75, 3.05) is 17.2 Å². The smallest absolute Gasteiger partial charge is 0.340 e. The van der Waals surface area contributed by atoms with Gasteiger partial charge in [-0.1, -0.05) is 18.2 Å². The van der Waals surface area contributed by atoms with Crippen molar-refractivity contribution in [3.63, 3.8) is 0 Å². The number of carbonyl (C=O) groups excluding carboxylic acids is 1. The zero-order valence-electron chi connectivity index (χ0n) is 15.6. The van der Waals surface area contributed by atoms with Gasteiger partial charge in [0.25, 0.3) is 0 Å². The zero-order chi connectivity index (χ0) is 19.2. The number of nitrogens with zero attached hydrogens (tertiary/aromatic N) is 2. The van der Waals surface area contributed by atoms with E-state index in [4.69, 9.17) is 4.74 Å². The minimum absolute atomic E-state index is 0.324. The van der Waals surface area contributed by atoms with Gasteiger partial charge in [0.2, 0.25) is 0 Å². The number of esters is 1. The van der Waals surface area contributed by atoms with Crippen LogP contribution in [0.5, 0.6) is 0 Å². The summed E-state index contributed by atoms with van der Waals surface area (Å²) in [5, 5.41) is 6.46. The second-order valence-corrected chi connectivity index (χ2v) is 6.18. The number of rotatable bonds is 6. The maximum absolute atomic E-state index is 12.1. The zero-order valence-corrected chi connectivity index (χ0v) is 15.6. The molecule has 0 radical (unpaired) electrons. The second-order valence-electron chi connectivity index (χ2n) is 6.18. The van der Waals surface area contributed by atoms with E-state index in [0.717, 1.165) is 5.69 Å². The van der Waals surface area contributed by atoms with Crippen molar-refractivity contribution in [2.24, 2.45) is 0 Å². The van der Waals surface area contributed by atoms with E-state index >= 15 is 0 Å². The van der Waals surface area contributed by atoms with Crippen molar-refractivity contribution in [1.82, 2.24) is 9.97 Å². The van der Waals surface area contributed by atoms with Gasteiger partial charge in [-0.3, -0.25) is 0 Å². The highest BCUT2D eigenvalue weighted by atomic mass is 16.5. The summed E-state index contributed by atoms with van der Waals surface area (Å²) >= 11 is 0. The van der Waals surface area contributed by atoms with Crippen molar-refractivity contribution in [2.45, 2.75) is 20.8 Å². The lowest BCUT2D eigenvalue weighted by Gasteiger charge is -2.12. The molecule has 3 aromatic rings. The number of hydrogen-bond donors (Lipinski definition) is 2. The van der Waals surface area contributed by atoms with Gasteiger partial charge in [0.05, 0.1) is 17.9 Å². The molecular weight excluding hydrogens is 340 g/mol. The molecule has 0 aliphatic heterocycles. The first kappa shape index (κ1) is 18.4. The second kappa shape index (κ2) is 8.31. The van der Waals surface area contributed by atoms with Crippen molar-refractivity contribution in [3.05, 3.63) is 71.5 Å². The highest BCUT2D eigenvalue weighted by Crippen LogP contribution is 2.23. The van der Waals surface area contributed by atoms with Gasteiger partial charge < -0.3 is 15.4 Å². The Kier molecular flexibility index (Phi) is 5.66. The van der Waals surface area contributed by atoms with Gasteiger partial charge >= 0.3 is 5.97 Å². The standard InChI is InChI=1S/C21H22N4O2/c1-4-27-21(26)17-7-5-6-8-18(17)25-20-12-19(22-13-23-20)24-16-10-14(2)9-15(3)11-16/h5-13H,4H2,1-3H3,(H2,22,23,24,25). The Morgan fingerprint density at radius 3 is 2.33 bits per heavy atom. The van der Waals surface area contributed by atoms with Gasteiger partial charge in [-0.15, -0.1) is 0 Å². The minimum Gasteiger partial charge on any atom is -0.462 e. The van der Waals surface area contributed by atoms with Gasteiger partial charge in [0, 0.05) is 11.8 Å². The Balaban J connectivity index is 1.82. The lowest BCUT2D eigenvalue weighted by molar-refractivity contribution is 0.0527. The molecule has 0 bridgehead atoms. The Bertz CT molecular complexity index is 936. The van der Waals surface area contributed by atoms with Crippen LogP contribution in [0.4, 0.5) is 23.0 Å². The minimum atomic E-state index is -0.372. The lowest BCUT2D eigenvalue weighted by atomic mass is 10.1. The molecule has 1 aromatic heterocycles. The Hall–Kier alpha value is -3.41. The fraction of sp³-hybridized carbons (Fsp3) is 0.190. The molecule has 1 heterocycles. The number of carbonyl (C=O) groups is 1. The number of para-hydroxylation sites is 1. The number of benzene rings is 2. The van der Waals surface area contributed by atoms with Crippen LogP contribution in [0.2, 0.25) is 0 Å². The molecule has 3 rings (SSSR count).